The summed E-state index contributed by atoms with van der Waals surface area (Å²) in [5.74, 6) is 1.38. The number of carbonyl (C=O) groups is 1. The van der Waals surface area contributed by atoms with Crippen LogP contribution in [0.15, 0.2) is 6.33 Å². The molecular formula is C17H24N4O. The van der Waals surface area contributed by atoms with Gasteiger partial charge in [0.25, 0.3) is 0 Å². The van der Waals surface area contributed by atoms with Crippen molar-refractivity contribution < 1.29 is 4.79 Å². The first-order valence-electron chi connectivity index (χ1n) is 8.62. The summed E-state index contributed by atoms with van der Waals surface area (Å²) in [7, 11) is 0. The molecular weight excluding hydrogens is 276 g/mol. The van der Waals surface area contributed by atoms with Crippen molar-refractivity contribution in [1.29, 1.82) is 0 Å². The SMILES string of the molecule is CC(=O)N1CCCC1C1CCCN1c1ncnc2c1CCC2. The highest BCUT2D eigenvalue weighted by Crippen LogP contribution is 2.36. The fourth-order valence-electron chi connectivity index (χ4n) is 4.63. The van der Waals surface area contributed by atoms with Gasteiger partial charge in [0, 0.05) is 31.3 Å². The molecule has 22 heavy (non-hydrogen) atoms. The van der Waals surface area contributed by atoms with E-state index in [1.807, 2.05) is 0 Å². The van der Waals surface area contributed by atoms with E-state index in [9.17, 15) is 4.79 Å². The summed E-state index contributed by atoms with van der Waals surface area (Å²) in [6.07, 6.45) is 9.76. The molecule has 3 aliphatic rings. The highest BCUT2D eigenvalue weighted by Gasteiger charge is 2.40. The first-order valence-corrected chi connectivity index (χ1v) is 8.62. The van der Waals surface area contributed by atoms with Crippen LogP contribution in [0.4, 0.5) is 5.82 Å². The van der Waals surface area contributed by atoms with Gasteiger partial charge in [-0.25, -0.2) is 9.97 Å². The quantitative estimate of drug-likeness (QED) is 0.837. The maximum Gasteiger partial charge on any atom is 0.219 e. The molecule has 0 N–H and O–H groups in total. The van der Waals surface area contributed by atoms with Crippen LogP contribution in [0.1, 0.15) is 50.3 Å². The average molecular weight is 300 g/mol. The van der Waals surface area contributed by atoms with Crippen LogP contribution in [0.25, 0.3) is 0 Å². The van der Waals surface area contributed by atoms with Gasteiger partial charge in [0.15, 0.2) is 0 Å². The van der Waals surface area contributed by atoms with E-state index in [1.54, 1.807) is 13.3 Å². The lowest BCUT2D eigenvalue weighted by Gasteiger charge is -2.35. The van der Waals surface area contributed by atoms with Crippen LogP contribution in [0.3, 0.4) is 0 Å². The predicted octanol–water partition coefficient (Wildman–Crippen LogP) is 1.95. The number of fused-ring (bicyclic) bond motifs is 1. The molecule has 1 aromatic heterocycles. The van der Waals surface area contributed by atoms with Crippen molar-refractivity contribution in [2.24, 2.45) is 0 Å². The van der Waals surface area contributed by atoms with E-state index in [-0.39, 0.29) is 5.91 Å². The van der Waals surface area contributed by atoms with Crippen molar-refractivity contribution in [2.45, 2.75) is 64.0 Å². The van der Waals surface area contributed by atoms with E-state index in [4.69, 9.17) is 0 Å². The van der Waals surface area contributed by atoms with Gasteiger partial charge in [-0.05, 0) is 44.9 Å². The van der Waals surface area contributed by atoms with Gasteiger partial charge in [0.2, 0.25) is 5.91 Å². The predicted molar refractivity (Wildman–Crippen MR) is 84.8 cm³/mol. The minimum Gasteiger partial charge on any atom is -0.351 e. The maximum atomic E-state index is 11.9. The smallest absolute Gasteiger partial charge is 0.219 e. The lowest BCUT2D eigenvalue weighted by atomic mass is 10.0. The first kappa shape index (κ1) is 14.0. The number of aryl methyl sites for hydroxylation is 1. The van der Waals surface area contributed by atoms with Gasteiger partial charge in [-0.15, -0.1) is 0 Å². The van der Waals surface area contributed by atoms with Crippen molar-refractivity contribution in [1.82, 2.24) is 14.9 Å². The van der Waals surface area contributed by atoms with Gasteiger partial charge in [-0.1, -0.05) is 0 Å². The van der Waals surface area contributed by atoms with Gasteiger partial charge in [0.05, 0.1) is 12.1 Å². The normalized spacial score (nSPS) is 27.5. The summed E-state index contributed by atoms with van der Waals surface area (Å²) in [6.45, 7) is 3.70. The first-order chi connectivity index (χ1) is 10.8. The van der Waals surface area contributed by atoms with Crippen LogP contribution in [0.5, 0.6) is 0 Å². The van der Waals surface area contributed by atoms with Crippen molar-refractivity contribution in [3.8, 4) is 0 Å². The van der Waals surface area contributed by atoms with Crippen LogP contribution < -0.4 is 4.90 Å². The number of likely N-dealkylation sites (tertiary alicyclic amines) is 1. The number of anilines is 1. The Morgan fingerprint density at radius 3 is 2.77 bits per heavy atom. The molecule has 0 spiro atoms. The molecule has 4 rings (SSSR count). The summed E-state index contributed by atoms with van der Waals surface area (Å²) in [6, 6.07) is 0.804. The van der Waals surface area contributed by atoms with Gasteiger partial charge in [-0.3, -0.25) is 4.79 Å². The Balaban J connectivity index is 1.65. The van der Waals surface area contributed by atoms with Crippen LogP contribution in [0.2, 0.25) is 0 Å². The number of rotatable bonds is 2. The zero-order chi connectivity index (χ0) is 15.1. The molecule has 2 fully saturated rings. The number of amides is 1. The topological polar surface area (TPSA) is 49.3 Å². The second kappa shape index (κ2) is 5.52. The van der Waals surface area contributed by atoms with Crippen LogP contribution in [-0.2, 0) is 17.6 Å². The Kier molecular flexibility index (Phi) is 3.51. The number of hydrogen-bond donors (Lipinski definition) is 0. The van der Waals surface area contributed by atoms with Crippen molar-refractivity contribution >= 4 is 11.7 Å². The van der Waals surface area contributed by atoms with E-state index in [0.717, 1.165) is 44.6 Å². The van der Waals surface area contributed by atoms with Crippen molar-refractivity contribution in [3.63, 3.8) is 0 Å². The number of carbonyl (C=O) groups excluding carboxylic acids is 1. The molecule has 1 aliphatic carbocycles. The van der Waals surface area contributed by atoms with E-state index >= 15 is 0 Å². The average Bonchev–Trinajstić information content (AvgIpc) is 3.25. The Hall–Kier alpha value is -1.65. The fraction of sp³-hybridized carbons (Fsp3) is 0.706. The summed E-state index contributed by atoms with van der Waals surface area (Å²) in [4.78, 5) is 25.6. The minimum atomic E-state index is 0.224. The zero-order valence-electron chi connectivity index (χ0n) is 13.3. The second-order valence-corrected chi connectivity index (χ2v) is 6.80. The Morgan fingerprint density at radius 1 is 1.09 bits per heavy atom. The molecule has 5 nitrogen and oxygen atoms in total. The molecule has 2 atom stereocenters. The van der Waals surface area contributed by atoms with E-state index < -0.39 is 0 Å². The van der Waals surface area contributed by atoms with Crippen molar-refractivity contribution in [2.75, 3.05) is 18.0 Å². The third-order valence-corrected chi connectivity index (χ3v) is 5.57. The highest BCUT2D eigenvalue weighted by molar-refractivity contribution is 5.74. The molecule has 118 valence electrons. The lowest BCUT2D eigenvalue weighted by Crippen LogP contribution is -2.48. The molecule has 2 aliphatic heterocycles. The monoisotopic (exact) mass is 300 g/mol. The molecule has 1 amide bonds. The Labute approximate surface area is 131 Å². The van der Waals surface area contributed by atoms with E-state index in [2.05, 4.69) is 19.8 Å². The standard InChI is InChI=1S/C17H24N4O/c1-12(22)20-9-3-7-15(20)16-8-4-10-21(16)17-13-5-2-6-14(13)18-11-19-17/h11,15-16H,2-10H2,1H3. The van der Waals surface area contributed by atoms with Gasteiger partial charge in [0.1, 0.15) is 12.1 Å². The number of hydrogen-bond acceptors (Lipinski definition) is 4. The molecule has 2 unspecified atom stereocenters. The van der Waals surface area contributed by atoms with Gasteiger partial charge >= 0.3 is 0 Å². The fourth-order valence-corrected chi connectivity index (χ4v) is 4.63. The summed E-state index contributed by atoms with van der Waals surface area (Å²) in [5, 5.41) is 0. The summed E-state index contributed by atoms with van der Waals surface area (Å²) >= 11 is 0. The Morgan fingerprint density at radius 2 is 1.91 bits per heavy atom. The summed E-state index contributed by atoms with van der Waals surface area (Å²) in [5.41, 5.74) is 2.60. The summed E-state index contributed by atoms with van der Waals surface area (Å²) < 4.78 is 0. The largest absolute Gasteiger partial charge is 0.351 e. The third kappa shape index (κ3) is 2.18. The highest BCUT2D eigenvalue weighted by atomic mass is 16.2. The van der Waals surface area contributed by atoms with Crippen molar-refractivity contribution in [3.05, 3.63) is 17.6 Å². The minimum absolute atomic E-state index is 0.224. The molecule has 5 heteroatoms. The maximum absolute atomic E-state index is 11.9. The lowest BCUT2D eigenvalue weighted by molar-refractivity contribution is -0.129. The van der Waals surface area contributed by atoms with Gasteiger partial charge < -0.3 is 9.80 Å². The number of aromatic nitrogens is 2. The zero-order valence-corrected chi connectivity index (χ0v) is 13.3. The van der Waals surface area contributed by atoms with Gasteiger partial charge in [-0.2, -0.15) is 0 Å². The van der Waals surface area contributed by atoms with Crippen LogP contribution >= 0.6 is 0 Å². The molecule has 2 saturated heterocycles. The molecule has 1 aromatic rings. The molecule has 0 radical (unpaired) electrons. The van der Waals surface area contributed by atoms with Crippen LogP contribution in [-0.4, -0.2) is 45.9 Å². The molecule has 0 aromatic carbocycles. The van der Waals surface area contributed by atoms with Crippen LogP contribution in [0, 0.1) is 0 Å². The second-order valence-electron chi connectivity index (χ2n) is 6.80. The molecule has 3 heterocycles. The number of nitrogens with zero attached hydrogens (tertiary/aromatic N) is 4. The van der Waals surface area contributed by atoms with E-state index in [0.29, 0.717) is 12.1 Å². The van der Waals surface area contributed by atoms with E-state index in [1.165, 1.54) is 30.5 Å². The molecule has 0 saturated carbocycles. The Bertz CT molecular complexity index is 588. The third-order valence-electron chi connectivity index (χ3n) is 5.57. The molecule has 0 bridgehead atoms.